The summed E-state index contributed by atoms with van der Waals surface area (Å²) < 4.78 is 0. The highest BCUT2D eigenvalue weighted by molar-refractivity contribution is 5.91. The summed E-state index contributed by atoms with van der Waals surface area (Å²) in [5, 5.41) is 7.25. The molecule has 0 amide bonds. The van der Waals surface area contributed by atoms with Gasteiger partial charge in [-0.2, -0.15) is 5.10 Å². The summed E-state index contributed by atoms with van der Waals surface area (Å²) in [6.45, 7) is 3.95. The van der Waals surface area contributed by atoms with E-state index in [1.165, 1.54) is 0 Å². The van der Waals surface area contributed by atoms with Gasteiger partial charge >= 0.3 is 0 Å². The summed E-state index contributed by atoms with van der Waals surface area (Å²) in [6.07, 6.45) is 0. The predicted octanol–water partition coefficient (Wildman–Crippen LogP) is 3.28. The van der Waals surface area contributed by atoms with E-state index in [0.29, 0.717) is 0 Å². The van der Waals surface area contributed by atoms with Crippen molar-refractivity contribution in [3.63, 3.8) is 0 Å². The molecule has 4 rings (SSSR count). The Kier molecular flexibility index (Phi) is 3.23. The number of benzene rings is 1. The van der Waals surface area contributed by atoms with Crippen LogP contribution in [-0.4, -0.2) is 25.1 Å². The second-order valence-electron chi connectivity index (χ2n) is 5.67. The highest BCUT2D eigenvalue weighted by Gasteiger charge is 2.15. The molecule has 0 spiro atoms. The van der Waals surface area contributed by atoms with Gasteiger partial charge in [-0.15, -0.1) is 0 Å². The molecule has 3 heterocycles. The van der Waals surface area contributed by atoms with Gasteiger partial charge < -0.3 is 5.73 Å². The van der Waals surface area contributed by atoms with Gasteiger partial charge in [-0.25, -0.2) is 15.0 Å². The Labute approximate surface area is 138 Å². The monoisotopic (exact) mass is 316 g/mol. The van der Waals surface area contributed by atoms with Crippen LogP contribution in [0.15, 0.2) is 42.5 Å². The summed E-state index contributed by atoms with van der Waals surface area (Å²) in [6, 6.07) is 13.7. The molecule has 0 atom stereocenters. The molecule has 0 unspecified atom stereocenters. The Hall–Kier alpha value is -3.28. The van der Waals surface area contributed by atoms with Crippen LogP contribution in [0.4, 0.5) is 5.95 Å². The fraction of sp³-hybridized carbons (Fsp3) is 0.111. The zero-order valence-corrected chi connectivity index (χ0v) is 13.4. The van der Waals surface area contributed by atoms with Crippen molar-refractivity contribution in [3.05, 3.63) is 53.9 Å². The number of aromatic nitrogens is 5. The second kappa shape index (κ2) is 5.42. The van der Waals surface area contributed by atoms with Crippen LogP contribution in [0, 0.1) is 13.8 Å². The molecule has 0 aliphatic carbocycles. The lowest BCUT2D eigenvalue weighted by atomic mass is 10.1. The summed E-state index contributed by atoms with van der Waals surface area (Å²) in [5.41, 5.74) is 12.8. The van der Waals surface area contributed by atoms with Gasteiger partial charge in [0.15, 0.2) is 0 Å². The number of H-pyrrole nitrogens is 1. The number of rotatable bonds is 2. The Morgan fingerprint density at radius 1 is 0.917 bits per heavy atom. The van der Waals surface area contributed by atoms with Crippen molar-refractivity contribution in [2.45, 2.75) is 13.8 Å². The van der Waals surface area contributed by atoms with Crippen LogP contribution in [0.5, 0.6) is 0 Å². The van der Waals surface area contributed by atoms with Gasteiger partial charge in [0, 0.05) is 16.8 Å². The summed E-state index contributed by atoms with van der Waals surface area (Å²) in [4.78, 5) is 13.5. The number of fused-ring (bicyclic) bond motifs is 1. The van der Waals surface area contributed by atoms with E-state index < -0.39 is 0 Å². The molecule has 3 aromatic heterocycles. The van der Waals surface area contributed by atoms with Crippen LogP contribution >= 0.6 is 0 Å². The molecule has 0 fully saturated rings. The average molecular weight is 316 g/mol. The molecule has 1 aromatic carbocycles. The molecule has 0 aliphatic rings. The smallest absolute Gasteiger partial charge is 0.221 e. The molecule has 3 N–H and O–H groups in total. The van der Waals surface area contributed by atoms with E-state index in [-0.39, 0.29) is 5.95 Å². The first-order valence-electron chi connectivity index (χ1n) is 7.65. The van der Waals surface area contributed by atoms with Crippen molar-refractivity contribution in [1.82, 2.24) is 25.1 Å². The molecule has 24 heavy (non-hydrogen) atoms. The minimum absolute atomic E-state index is 0.242. The summed E-state index contributed by atoms with van der Waals surface area (Å²) >= 11 is 0. The lowest BCUT2D eigenvalue weighted by Crippen LogP contribution is -2.00. The zero-order valence-electron chi connectivity index (χ0n) is 13.4. The second-order valence-corrected chi connectivity index (χ2v) is 5.67. The van der Waals surface area contributed by atoms with E-state index in [9.17, 15) is 0 Å². The maximum atomic E-state index is 5.88. The Morgan fingerprint density at radius 2 is 1.71 bits per heavy atom. The minimum atomic E-state index is 0.242. The number of aromatic amines is 1. The first-order chi connectivity index (χ1) is 11.6. The molecule has 0 radical (unpaired) electrons. The maximum Gasteiger partial charge on any atom is 0.221 e. The van der Waals surface area contributed by atoms with E-state index in [1.807, 2.05) is 56.3 Å². The highest BCUT2D eigenvalue weighted by atomic mass is 15.1. The molecule has 0 aliphatic heterocycles. The molecule has 4 aromatic rings. The lowest BCUT2D eigenvalue weighted by Gasteiger charge is -2.08. The molecule has 6 nitrogen and oxygen atoms in total. The Balaban J connectivity index is 2.01. The Bertz CT molecular complexity index is 1020. The molecule has 0 saturated carbocycles. The largest absolute Gasteiger partial charge is 0.368 e. The first-order valence-corrected chi connectivity index (χ1v) is 7.65. The third-order valence-corrected chi connectivity index (χ3v) is 3.99. The normalized spacial score (nSPS) is 11.1. The number of anilines is 1. The molecular formula is C18H16N6. The molecule has 118 valence electrons. The molecule has 6 heteroatoms. The van der Waals surface area contributed by atoms with Crippen molar-refractivity contribution in [1.29, 1.82) is 0 Å². The predicted molar refractivity (Wildman–Crippen MR) is 94.2 cm³/mol. The highest BCUT2D eigenvalue weighted by Crippen LogP contribution is 2.29. The van der Waals surface area contributed by atoms with Crippen molar-refractivity contribution in [3.8, 4) is 22.5 Å². The van der Waals surface area contributed by atoms with Crippen molar-refractivity contribution in [2.24, 2.45) is 0 Å². The SMILES string of the molecule is Cc1n[nH]c(C)c1-c1ccc2nc(N)nc(-c3ccccc3)c2n1. The number of pyridine rings is 1. The van der Waals surface area contributed by atoms with Crippen LogP contribution in [-0.2, 0) is 0 Å². The van der Waals surface area contributed by atoms with Gasteiger partial charge in [-0.05, 0) is 26.0 Å². The number of hydrogen-bond acceptors (Lipinski definition) is 5. The molecular weight excluding hydrogens is 300 g/mol. The van der Waals surface area contributed by atoms with E-state index in [0.717, 1.165) is 44.9 Å². The van der Waals surface area contributed by atoms with Gasteiger partial charge in [0.1, 0.15) is 11.2 Å². The van der Waals surface area contributed by atoms with Gasteiger partial charge in [0.05, 0.1) is 16.9 Å². The summed E-state index contributed by atoms with van der Waals surface area (Å²) in [7, 11) is 0. The zero-order chi connectivity index (χ0) is 16.7. The maximum absolute atomic E-state index is 5.88. The summed E-state index contributed by atoms with van der Waals surface area (Å²) in [5.74, 6) is 0.242. The van der Waals surface area contributed by atoms with Gasteiger partial charge in [-0.3, -0.25) is 5.10 Å². The number of hydrogen-bond donors (Lipinski definition) is 2. The number of nitrogen functional groups attached to an aromatic ring is 1. The number of aryl methyl sites for hydroxylation is 2. The van der Waals surface area contributed by atoms with E-state index in [1.54, 1.807) is 0 Å². The minimum Gasteiger partial charge on any atom is -0.368 e. The Morgan fingerprint density at radius 3 is 2.42 bits per heavy atom. The third kappa shape index (κ3) is 2.28. The topological polar surface area (TPSA) is 93.4 Å². The standard InChI is InChI=1S/C18H16N6/c1-10-15(11(2)24-23-10)13-8-9-14-17(20-13)16(22-18(19)21-14)12-6-4-3-5-7-12/h3-9H,1-2H3,(H,23,24)(H2,19,21,22). The number of nitrogens with two attached hydrogens (primary N) is 1. The van der Waals surface area contributed by atoms with E-state index >= 15 is 0 Å². The van der Waals surface area contributed by atoms with Crippen molar-refractivity contribution in [2.75, 3.05) is 5.73 Å². The average Bonchev–Trinajstić information content (AvgIpc) is 2.93. The van der Waals surface area contributed by atoms with Crippen LogP contribution in [0.25, 0.3) is 33.5 Å². The van der Waals surface area contributed by atoms with Gasteiger partial charge in [0.25, 0.3) is 0 Å². The van der Waals surface area contributed by atoms with E-state index in [4.69, 9.17) is 10.7 Å². The van der Waals surface area contributed by atoms with Gasteiger partial charge in [-0.1, -0.05) is 30.3 Å². The van der Waals surface area contributed by atoms with E-state index in [2.05, 4.69) is 20.2 Å². The fourth-order valence-corrected chi connectivity index (χ4v) is 2.90. The molecule has 0 saturated heterocycles. The number of nitrogens with one attached hydrogen (secondary N) is 1. The van der Waals surface area contributed by atoms with Crippen molar-refractivity contribution >= 4 is 17.0 Å². The number of nitrogens with zero attached hydrogens (tertiary/aromatic N) is 4. The quantitative estimate of drug-likeness (QED) is 0.592. The van der Waals surface area contributed by atoms with Crippen LogP contribution in [0.3, 0.4) is 0 Å². The van der Waals surface area contributed by atoms with Crippen molar-refractivity contribution < 1.29 is 0 Å². The van der Waals surface area contributed by atoms with Crippen LogP contribution in [0.2, 0.25) is 0 Å². The first kappa shape index (κ1) is 14.3. The van der Waals surface area contributed by atoms with Crippen LogP contribution < -0.4 is 5.73 Å². The van der Waals surface area contributed by atoms with Crippen LogP contribution in [0.1, 0.15) is 11.4 Å². The lowest BCUT2D eigenvalue weighted by molar-refractivity contribution is 1.02. The molecule has 0 bridgehead atoms. The fourth-order valence-electron chi connectivity index (χ4n) is 2.90. The van der Waals surface area contributed by atoms with Gasteiger partial charge in [0.2, 0.25) is 5.95 Å². The third-order valence-electron chi connectivity index (χ3n) is 3.99.